The van der Waals surface area contributed by atoms with Crippen LogP contribution in [0.15, 0.2) is 48.7 Å². The zero-order valence-corrected chi connectivity index (χ0v) is 19.9. The van der Waals surface area contributed by atoms with Crippen LogP contribution in [0.25, 0.3) is 16.8 Å². The van der Waals surface area contributed by atoms with Crippen molar-refractivity contribution in [2.75, 3.05) is 21.3 Å². The molecular weight excluding hydrogens is 454 g/mol. The van der Waals surface area contributed by atoms with E-state index in [4.69, 9.17) is 30.9 Å². The van der Waals surface area contributed by atoms with E-state index in [1.165, 1.54) is 0 Å². The van der Waals surface area contributed by atoms with Gasteiger partial charge in [-0.1, -0.05) is 29.8 Å². The molecule has 0 fully saturated rings. The van der Waals surface area contributed by atoms with Crippen LogP contribution in [-0.4, -0.2) is 41.7 Å². The number of methoxy groups -OCH3 is 3. The zero-order chi connectivity index (χ0) is 23.8. The Morgan fingerprint density at radius 2 is 1.88 bits per heavy atom. The summed E-state index contributed by atoms with van der Waals surface area (Å²) < 4.78 is 18.1. The molecule has 0 spiro atoms. The lowest BCUT2D eigenvalue weighted by atomic mass is 9.82. The van der Waals surface area contributed by atoms with Gasteiger partial charge in [-0.25, -0.2) is 9.50 Å². The lowest BCUT2D eigenvalue weighted by Gasteiger charge is -2.24. The van der Waals surface area contributed by atoms with E-state index in [2.05, 4.69) is 4.98 Å². The SMILES string of the molecule is COCc1nn2c3c(cnc2c1-c1cccc(Cl)c1)C(=O)C[C@@H](c1ccc(OC)c(OC)c1)C3. The summed E-state index contributed by atoms with van der Waals surface area (Å²) in [6.45, 7) is 0.313. The fourth-order valence-corrected chi connectivity index (χ4v) is 4.85. The summed E-state index contributed by atoms with van der Waals surface area (Å²) in [7, 11) is 4.84. The summed E-state index contributed by atoms with van der Waals surface area (Å²) in [4.78, 5) is 17.8. The van der Waals surface area contributed by atoms with E-state index in [9.17, 15) is 4.79 Å². The molecule has 1 aliphatic rings. The first-order valence-electron chi connectivity index (χ1n) is 10.9. The highest BCUT2D eigenvalue weighted by Crippen LogP contribution is 2.38. The van der Waals surface area contributed by atoms with Gasteiger partial charge in [0.15, 0.2) is 22.9 Å². The van der Waals surface area contributed by atoms with E-state index >= 15 is 0 Å². The number of ketones is 1. The topological polar surface area (TPSA) is 75.0 Å². The smallest absolute Gasteiger partial charge is 0.166 e. The molecule has 8 heteroatoms. The predicted molar refractivity (Wildman–Crippen MR) is 129 cm³/mol. The standard InChI is InChI=1S/C26H24ClN3O4/c1-32-14-20-25(16-5-4-6-18(27)9-16)26-28-13-19-21(30(26)29-20)10-17(11-22(19)31)15-7-8-23(33-2)24(12-15)34-3/h4-9,12-13,17H,10-11,14H2,1-3H3/t17-/m0/s1. The monoisotopic (exact) mass is 477 g/mol. The van der Waals surface area contributed by atoms with Crippen LogP contribution in [0.5, 0.6) is 11.5 Å². The maximum Gasteiger partial charge on any atom is 0.166 e. The second-order valence-corrected chi connectivity index (χ2v) is 8.70. The number of hydrogen-bond donors (Lipinski definition) is 0. The van der Waals surface area contributed by atoms with Crippen LogP contribution in [-0.2, 0) is 17.8 Å². The number of carbonyl (C=O) groups excluding carboxylic acids is 1. The average Bonchev–Trinajstić information content (AvgIpc) is 3.22. The van der Waals surface area contributed by atoms with Crippen molar-refractivity contribution in [2.24, 2.45) is 0 Å². The van der Waals surface area contributed by atoms with Crippen molar-refractivity contribution in [1.29, 1.82) is 0 Å². The van der Waals surface area contributed by atoms with Gasteiger partial charge in [0.25, 0.3) is 0 Å². The third-order valence-corrected chi connectivity index (χ3v) is 6.50. The number of ether oxygens (including phenoxy) is 3. The summed E-state index contributed by atoms with van der Waals surface area (Å²) in [6.07, 6.45) is 2.70. The van der Waals surface area contributed by atoms with Gasteiger partial charge < -0.3 is 14.2 Å². The summed E-state index contributed by atoms with van der Waals surface area (Å²) in [5.74, 6) is 1.32. The molecule has 0 aliphatic heterocycles. The molecular formula is C26H24ClN3O4. The Morgan fingerprint density at radius 3 is 2.62 bits per heavy atom. The van der Waals surface area contributed by atoms with Crippen molar-refractivity contribution in [3.63, 3.8) is 0 Å². The third-order valence-electron chi connectivity index (χ3n) is 6.26. The molecule has 0 unspecified atom stereocenters. The minimum Gasteiger partial charge on any atom is -0.493 e. The first kappa shape index (κ1) is 22.4. The van der Waals surface area contributed by atoms with Crippen molar-refractivity contribution >= 4 is 23.0 Å². The molecule has 174 valence electrons. The number of carbonyl (C=O) groups is 1. The van der Waals surface area contributed by atoms with E-state index in [0.717, 1.165) is 28.1 Å². The van der Waals surface area contributed by atoms with Gasteiger partial charge in [-0.05, 0) is 47.7 Å². The van der Waals surface area contributed by atoms with Crippen molar-refractivity contribution in [3.05, 3.63) is 76.2 Å². The Hall–Kier alpha value is -3.42. The Labute approximate surface area is 202 Å². The summed E-state index contributed by atoms with van der Waals surface area (Å²) in [5.41, 5.74) is 5.63. The minimum absolute atomic E-state index is 0.0184. The Kier molecular flexibility index (Phi) is 5.98. The van der Waals surface area contributed by atoms with Gasteiger partial charge >= 0.3 is 0 Å². The second-order valence-electron chi connectivity index (χ2n) is 8.26. The molecule has 0 amide bonds. The lowest BCUT2D eigenvalue weighted by Crippen LogP contribution is -2.22. The van der Waals surface area contributed by atoms with Crippen LogP contribution in [0, 0.1) is 0 Å². The number of Topliss-reactive ketones (excluding diaryl/α,β-unsaturated/α-hetero) is 1. The maximum absolute atomic E-state index is 13.1. The molecule has 0 saturated carbocycles. The molecule has 1 aliphatic carbocycles. The molecule has 7 nitrogen and oxygen atoms in total. The van der Waals surface area contributed by atoms with Gasteiger partial charge in [0, 0.05) is 24.8 Å². The number of hydrogen-bond acceptors (Lipinski definition) is 6. The molecule has 34 heavy (non-hydrogen) atoms. The van der Waals surface area contributed by atoms with E-state index < -0.39 is 0 Å². The van der Waals surface area contributed by atoms with Crippen LogP contribution in [0.4, 0.5) is 0 Å². The highest BCUT2D eigenvalue weighted by Gasteiger charge is 2.31. The van der Waals surface area contributed by atoms with Crippen LogP contribution in [0.3, 0.4) is 0 Å². The van der Waals surface area contributed by atoms with Gasteiger partial charge in [-0.2, -0.15) is 5.10 Å². The highest BCUT2D eigenvalue weighted by molar-refractivity contribution is 6.30. The van der Waals surface area contributed by atoms with E-state index in [1.807, 2.05) is 42.5 Å². The van der Waals surface area contributed by atoms with E-state index in [1.54, 1.807) is 32.0 Å². The summed E-state index contributed by atoms with van der Waals surface area (Å²) >= 11 is 6.27. The van der Waals surface area contributed by atoms with Crippen LogP contribution in [0.1, 0.15) is 39.6 Å². The molecule has 5 rings (SSSR count). The van der Waals surface area contributed by atoms with Crippen LogP contribution in [0.2, 0.25) is 5.02 Å². The first-order chi connectivity index (χ1) is 16.5. The Balaban J connectivity index is 1.64. The molecule has 2 heterocycles. The van der Waals surface area contributed by atoms with Gasteiger partial charge in [0.05, 0.1) is 43.3 Å². The molecule has 0 radical (unpaired) electrons. The van der Waals surface area contributed by atoms with E-state index in [-0.39, 0.29) is 11.7 Å². The number of benzene rings is 2. The third kappa shape index (κ3) is 3.81. The molecule has 4 aromatic rings. The predicted octanol–water partition coefficient (Wildman–Crippen LogP) is 5.13. The van der Waals surface area contributed by atoms with Gasteiger partial charge in [-0.3, -0.25) is 4.79 Å². The number of aromatic nitrogens is 3. The van der Waals surface area contributed by atoms with Gasteiger partial charge in [0.2, 0.25) is 0 Å². The average molecular weight is 478 g/mol. The number of halogens is 1. The molecule has 0 saturated heterocycles. The second kappa shape index (κ2) is 9.08. The van der Waals surface area contributed by atoms with E-state index in [0.29, 0.717) is 47.2 Å². The molecule has 0 bridgehead atoms. The molecule has 0 N–H and O–H groups in total. The number of nitrogens with zero attached hydrogens (tertiary/aromatic N) is 3. The van der Waals surface area contributed by atoms with Crippen molar-refractivity contribution in [3.8, 4) is 22.6 Å². The summed E-state index contributed by atoms with van der Waals surface area (Å²) in [5, 5.41) is 5.46. The van der Waals surface area contributed by atoms with Crippen molar-refractivity contribution in [2.45, 2.75) is 25.4 Å². The Bertz CT molecular complexity index is 1400. The van der Waals surface area contributed by atoms with Crippen molar-refractivity contribution < 1.29 is 19.0 Å². The van der Waals surface area contributed by atoms with Gasteiger partial charge in [-0.15, -0.1) is 0 Å². The minimum atomic E-state index is -0.0184. The molecule has 2 aromatic heterocycles. The molecule has 1 atom stereocenters. The van der Waals surface area contributed by atoms with Crippen molar-refractivity contribution in [1.82, 2.24) is 14.6 Å². The highest BCUT2D eigenvalue weighted by atomic mass is 35.5. The zero-order valence-electron chi connectivity index (χ0n) is 19.2. The number of fused-ring (bicyclic) bond motifs is 3. The quantitative estimate of drug-likeness (QED) is 0.383. The Morgan fingerprint density at radius 1 is 1.06 bits per heavy atom. The number of rotatable bonds is 6. The lowest BCUT2D eigenvalue weighted by molar-refractivity contribution is 0.0962. The largest absolute Gasteiger partial charge is 0.493 e. The maximum atomic E-state index is 13.1. The molecule has 2 aromatic carbocycles. The first-order valence-corrected chi connectivity index (χ1v) is 11.3. The fourth-order valence-electron chi connectivity index (χ4n) is 4.66. The summed E-state index contributed by atoms with van der Waals surface area (Å²) in [6, 6.07) is 13.4. The van der Waals surface area contributed by atoms with Gasteiger partial charge in [0.1, 0.15) is 0 Å². The van der Waals surface area contributed by atoms with Crippen LogP contribution >= 0.6 is 11.6 Å². The fraction of sp³-hybridized carbons (Fsp3) is 0.269. The normalized spacial score (nSPS) is 15.4. The van der Waals surface area contributed by atoms with Crippen LogP contribution < -0.4 is 9.47 Å².